The summed E-state index contributed by atoms with van der Waals surface area (Å²) in [7, 11) is 4.07. The standard InChI is InChI=1S/C17H29N5.HI/c1-4-18-17(21(2)11-13-9-20-22(3)12-13)19-10-16(14-5-6-14)15-7-8-15;/h9,12,14-16H,4-8,10-11H2,1-3H3,(H,18,19);1H. The lowest BCUT2D eigenvalue weighted by Crippen LogP contribution is -2.39. The number of halogens is 1. The van der Waals surface area contributed by atoms with Crippen molar-refractivity contribution in [2.45, 2.75) is 39.2 Å². The summed E-state index contributed by atoms with van der Waals surface area (Å²) < 4.78 is 1.85. The highest BCUT2D eigenvalue weighted by molar-refractivity contribution is 14.0. The summed E-state index contributed by atoms with van der Waals surface area (Å²) in [5.41, 5.74) is 1.22. The van der Waals surface area contributed by atoms with Gasteiger partial charge in [-0.25, -0.2) is 0 Å². The van der Waals surface area contributed by atoms with Gasteiger partial charge in [0.1, 0.15) is 0 Å². The maximum atomic E-state index is 4.94. The Morgan fingerprint density at radius 3 is 2.52 bits per heavy atom. The third-order valence-electron chi connectivity index (χ3n) is 4.78. The molecular weight excluding hydrogens is 401 g/mol. The van der Waals surface area contributed by atoms with Gasteiger partial charge in [-0.2, -0.15) is 5.10 Å². The van der Waals surface area contributed by atoms with Gasteiger partial charge in [0.05, 0.1) is 6.20 Å². The van der Waals surface area contributed by atoms with E-state index in [0.717, 1.165) is 43.3 Å². The SMILES string of the molecule is CCNC(=NCC(C1CC1)C1CC1)N(C)Cc1cnn(C)c1.I. The Balaban J connectivity index is 0.00000192. The maximum Gasteiger partial charge on any atom is 0.193 e. The summed E-state index contributed by atoms with van der Waals surface area (Å²) in [5, 5.41) is 7.67. The zero-order valence-electron chi connectivity index (χ0n) is 14.5. The number of rotatable bonds is 7. The third-order valence-corrected chi connectivity index (χ3v) is 4.78. The van der Waals surface area contributed by atoms with Gasteiger partial charge in [-0.1, -0.05) is 0 Å². The molecule has 3 rings (SSSR count). The van der Waals surface area contributed by atoms with Crippen molar-refractivity contribution in [3.05, 3.63) is 18.0 Å². The van der Waals surface area contributed by atoms with Crippen molar-refractivity contribution >= 4 is 29.9 Å². The average Bonchev–Trinajstić information content (AvgIpc) is 3.39. The molecule has 5 nitrogen and oxygen atoms in total. The fraction of sp³-hybridized carbons (Fsp3) is 0.765. The van der Waals surface area contributed by atoms with Crippen LogP contribution in [0.4, 0.5) is 0 Å². The highest BCUT2D eigenvalue weighted by Crippen LogP contribution is 2.49. The van der Waals surface area contributed by atoms with Crippen LogP contribution in [-0.2, 0) is 13.6 Å². The quantitative estimate of drug-likeness (QED) is 0.410. The summed E-state index contributed by atoms with van der Waals surface area (Å²) in [4.78, 5) is 7.15. The Morgan fingerprint density at radius 2 is 2.04 bits per heavy atom. The molecule has 0 aromatic carbocycles. The number of aliphatic imine (C=N–C) groups is 1. The molecule has 2 fully saturated rings. The van der Waals surface area contributed by atoms with Crippen LogP contribution in [0, 0.1) is 17.8 Å². The van der Waals surface area contributed by atoms with E-state index in [1.54, 1.807) is 0 Å². The van der Waals surface area contributed by atoms with E-state index in [0.29, 0.717) is 0 Å². The molecule has 1 aromatic heterocycles. The molecule has 0 atom stereocenters. The summed E-state index contributed by atoms with van der Waals surface area (Å²) in [6, 6.07) is 0. The van der Waals surface area contributed by atoms with Gasteiger partial charge in [0.15, 0.2) is 5.96 Å². The number of aromatic nitrogens is 2. The van der Waals surface area contributed by atoms with Crippen LogP contribution in [0.1, 0.15) is 38.2 Å². The van der Waals surface area contributed by atoms with Gasteiger partial charge in [0, 0.05) is 45.5 Å². The second kappa shape index (κ2) is 8.35. The zero-order chi connectivity index (χ0) is 15.5. The molecule has 1 N–H and O–H groups in total. The molecule has 0 bridgehead atoms. The number of guanidine groups is 1. The van der Waals surface area contributed by atoms with Crippen LogP contribution in [0.2, 0.25) is 0 Å². The smallest absolute Gasteiger partial charge is 0.193 e. The highest BCUT2D eigenvalue weighted by Gasteiger charge is 2.41. The highest BCUT2D eigenvalue weighted by atomic mass is 127. The molecule has 0 amide bonds. The first-order valence-electron chi connectivity index (χ1n) is 8.64. The Labute approximate surface area is 156 Å². The number of nitrogens with zero attached hydrogens (tertiary/aromatic N) is 4. The lowest BCUT2D eigenvalue weighted by molar-refractivity contribution is 0.409. The molecule has 0 radical (unpaired) electrons. The van der Waals surface area contributed by atoms with Gasteiger partial charge in [-0.15, -0.1) is 24.0 Å². The Morgan fingerprint density at radius 1 is 1.39 bits per heavy atom. The van der Waals surface area contributed by atoms with Gasteiger partial charge in [-0.3, -0.25) is 9.67 Å². The van der Waals surface area contributed by atoms with Crippen molar-refractivity contribution in [3.63, 3.8) is 0 Å². The van der Waals surface area contributed by atoms with Crippen LogP contribution in [0.25, 0.3) is 0 Å². The molecule has 0 saturated heterocycles. The minimum atomic E-state index is 0. The number of hydrogen-bond donors (Lipinski definition) is 1. The number of aryl methyl sites for hydroxylation is 1. The monoisotopic (exact) mass is 431 g/mol. The summed E-state index contributed by atoms with van der Waals surface area (Å²) in [6.07, 6.45) is 9.71. The Hall–Kier alpha value is -0.790. The normalized spacial score (nSPS) is 18.0. The van der Waals surface area contributed by atoms with E-state index in [-0.39, 0.29) is 24.0 Å². The van der Waals surface area contributed by atoms with E-state index in [1.807, 2.05) is 17.9 Å². The molecule has 1 aromatic rings. The molecule has 2 saturated carbocycles. The molecule has 2 aliphatic rings. The molecule has 23 heavy (non-hydrogen) atoms. The maximum absolute atomic E-state index is 4.94. The predicted molar refractivity (Wildman–Crippen MR) is 105 cm³/mol. The minimum Gasteiger partial charge on any atom is -0.357 e. The molecule has 2 aliphatic carbocycles. The minimum absolute atomic E-state index is 0. The van der Waals surface area contributed by atoms with Gasteiger partial charge in [0.2, 0.25) is 0 Å². The average molecular weight is 431 g/mol. The second-order valence-electron chi connectivity index (χ2n) is 6.91. The van der Waals surface area contributed by atoms with E-state index in [9.17, 15) is 0 Å². The van der Waals surface area contributed by atoms with Crippen LogP contribution in [-0.4, -0.2) is 40.8 Å². The predicted octanol–water partition coefficient (Wildman–Crippen LogP) is 2.87. The summed E-state index contributed by atoms with van der Waals surface area (Å²) in [5.74, 6) is 3.78. The van der Waals surface area contributed by atoms with Crippen molar-refractivity contribution in [1.82, 2.24) is 20.0 Å². The molecule has 0 spiro atoms. The van der Waals surface area contributed by atoms with Gasteiger partial charge >= 0.3 is 0 Å². The van der Waals surface area contributed by atoms with E-state index in [1.165, 1.54) is 31.2 Å². The van der Waals surface area contributed by atoms with Gasteiger partial charge < -0.3 is 10.2 Å². The molecule has 130 valence electrons. The first-order valence-corrected chi connectivity index (χ1v) is 8.64. The van der Waals surface area contributed by atoms with Crippen molar-refractivity contribution in [2.24, 2.45) is 29.8 Å². The topological polar surface area (TPSA) is 45.5 Å². The van der Waals surface area contributed by atoms with E-state index in [4.69, 9.17) is 4.99 Å². The molecular formula is C17H30IN5. The lowest BCUT2D eigenvalue weighted by Gasteiger charge is -2.22. The fourth-order valence-electron chi connectivity index (χ4n) is 3.30. The van der Waals surface area contributed by atoms with Crippen LogP contribution >= 0.6 is 24.0 Å². The molecule has 1 heterocycles. The van der Waals surface area contributed by atoms with Gasteiger partial charge in [0.25, 0.3) is 0 Å². The fourth-order valence-corrected chi connectivity index (χ4v) is 3.30. The molecule has 0 aliphatic heterocycles. The lowest BCUT2D eigenvalue weighted by atomic mass is 9.98. The number of nitrogens with one attached hydrogen (secondary N) is 1. The third kappa shape index (κ3) is 5.36. The largest absolute Gasteiger partial charge is 0.357 e. The second-order valence-corrected chi connectivity index (χ2v) is 6.91. The first kappa shape index (κ1) is 18.5. The van der Waals surface area contributed by atoms with Crippen LogP contribution < -0.4 is 5.32 Å². The Kier molecular flexibility index (Phi) is 6.73. The van der Waals surface area contributed by atoms with Crippen LogP contribution in [0.5, 0.6) is 0 Å². The van der Waals surface area contributed by atoms with E-state index >= 15 is 0 Å². The first-order chi connectivity index (χ1) is 10.7. The van der Waals surface area contributed by atoms with Crippen molar-refractivity contribution in [1.29, 1.82) is 0 Å². The van der Waals surface area contributed by atoms with Gasteiger partial charge in [-0.05, 0) is 50.4 Å². The van der Waals surface area contributed by atoms with Crippen LogP contribution in [0.3, 0.4) is 0 Å². The Bertz CT molecular complexity index is 507. The molecule has 0 unspecified atom stereocenters. The molecule has 6 heteroatoms. The van der Waals surface area contributed by atoms with Crippen molar-refractivity contribution in [3.8, 4) is 0 Å². The van der Waals surface area contributed by atoms with Crippen molar-refractivity contribution < 1.29 is 0 Å². The van der Waals surface area contributed by atoms with Crippen LogP contribution in [0.15, 0.2) is 17.4 Å². The number of hydrogen-bond acceptors (Lipinski definition) is 2. The van der Waals surface area contributed by atoms with E-state index in [2.05, 4.69) is 35.5 Å². The zero-order valence-corrected chi connectivity index (χ0v) is 16.9. The summed E-state index contributed by atoms with van der Waals surface area (Å²) >= 11 is 0. The summed E-state index contributed by atoms with van der Waals surface area (Å²) in [6.45, 7) is 4.88. The van der Waals surface area contributed by atoms with E-state index < -0.39 is 0 Å². The van der Waals surface area contributed by atoms with Crippen molar-refractivity contribution in [2.75, 3.05) is 20.1 Å².